The lowest BCUT2D eigenvalue weighted by molar-refractivity contribution is 0.461. The van der Waals surface area contributed by atoms with Gasteiger partial charge in [0.1, 0.15) is 23.7 Å². The number of sulfonamides is 1. The summed E-state index contributed by atoms with van der Waals surface area (Å²) in [6, 6.07) is 16.5. The summed E-state index contributed by atoms with van der Waals surface area (Å²) >= 11 is 0. The van der Waals surface area contributed by atoms with Gasteiger partial charge in [-0.25, -0.2) is 28.1 Å². The van der Waals surface area contributed by atoms with Gasteiger partial charge in [0, 0.05) is 36.5 Å². The largest absolute Gasteiger partial charge is 0.439 e. The number of anilines is 1. The second-order valence-corrected chi connectivity index (χ2v) is 8.92. The first-order valence-electron chi connectivity index (χ1n) is 10.2. The third-order valence-electron chi connectivity index (χ3n) is 4.95. The molecule has 0 fully saturated rings. The molecule has 0 radical (unpaired) electrons. The Bertz CT molecular complexity index is 1510. The van der Waals surface area contributed by atoms with Crippen molar-refractivity contribution in [2.45, 2.75) is 11.8 Å². The standard InChI is InChI=1S/C23H19N7O3S/c1-17-24-12-14-29(17)22-15-23(26-16-25-22)33-20-7-3-18(4-8-20)28-34(31,32)21-9-5-19(6-10-21)30-13-2-11-27-30/h2-16,28H,1H3. The first-order chi connectivity index (χ1) is 16.5. The zero-order chi connectivity index (χ0) is 23.5. The lowest BCUT2D eigenvalue weighted by Gasteiger charge is -2.10. The number of imidazole rings is 1. The van der Waals surface area contributed by atoms with E-state index in [0.29, 0.717) is 23.1 Å². The van der Waals surface area contributed by atoms with E-state index >= 15 is 0 Å². The third kappa shape index (κ3) is 4.50. The van der Waals surface area contributed by atoms with Crippen molar-refractivity contribution in [2.75, 3.05) is 4.72 Å². The van der Waals surface area contributed by atoms with Crippen molar-refractivity contribution in [3.8, 4) is 23.1 Å². The van der Waals surface area contributed by atoms with Gasteiger partial charge in [-0.05, 0) is 61.5 Å². The fraction of sp³-hybridized carbons (Fsp3) is 0.0435. The van der Waals surface area contributed by atoms with Crippen LogP contribution in [-0.4, -0.2) is 37.7 Å². The minimum absolute atomic E-state index is 0.145. The van der Waals surface area contributed by atoms with Crippen molar-refractivity contribution in [1.29, 1.82) is 0 Å². The summed E-state index contributed by atoms with van der Waals surface area (Å²) in [4.78, 5) is 12.7. The fourth-order valence-electron chi connectivity index (χ4n) is 3.26. The Labute approximate surface area is 195 Å². The summed E-state index contributed by atoms with van der Waals surface area (Å²) in [5.41, 5.74) is 1.17. The maximum absolute atomic E-state index is 12.8. The second-order valence-electron chi connectivity index (χ2n) is 7.24. The molecule has 0 aliphatic carbocycles. The molecule has 3 aromatic heterocycles. The van der Waals surface area contributed by atoms with E-state index in [0.717, 1.165) is 11.5 Å². The highest BCUT2D eigenvalue weighted by Gasteiger charge is 2.15. The van der Waals surface area contributed by atoms with Crippen molar-refractivity contribution in [3.05, 3.63) is 97.6 Å². The van der Waals surface area contributed by atoms with E-state index in [-0.39, 0.29) is 4.90 Å². The number of hydrogen-bond donors (Lipinski definition) is 1. The van der Waals surface area contributed by atoms with Gasteiger partial charge in [-0.15, -0.1) is 0 Å². The summed E-state index contributed by atoms with van der Waals surface area (Å²) in [5, 5.41) is 4.13. The maximum Gasteiger partial charge on any atom is 0.261 e. The van der Waals surface area contributed by atoms with Gasteiger partial charge in [0.05, 0.1) is 10.6 Å². The summed E-state index contributed by atoms with van der Waals surface area (Å²) < 4.78 is 37.4. The molecule has 10 nitrogen and oxygen atoms in total. The molecular formula is C23H19N7O3S. The van der Waals surface area contributed by atoms with Gasteiger partial charge in [-0.3, -0.25) is 9.29 Å². The first kappa shape index (κ1) is 21.3. The molecule has 1 N–H and O–H groups in total. The van der Waals surface area contributed by atoms with Crippen LogP contribution in [0, 0.1) is 6.92 Å². The van der Waals surface area contributed by atoms with E-state index in [1.54, 1.807) is 78.0 Å². The second kappa shape index (κ2) is 8.79. The fourth-order valence-corrected chi connectivity index (χ4v) is 4.32. The number of aryl methyl sites for hydroxylation is 1. The minimum atomic E-state index is -3.76. The van der Waals surface area contributed by atoms with Crippen LogP contribution in [0.2, 0.25) is 0 Å². The zero-order valence-electron chi connectivity index (χ0n) is 18.0. The van der Waals surface area contributed by atoms with Crippen molar-refractivity contribution in [2.24, 2.45) is 0 Å². The van der Waals surface area contributed by atoms with Crippen LogP contribution in [0.25, 0.3) is 11.5 Å². The normalized spacial score (nSPS) is 11.3. The van der Waals surface area contributed by atoms with Crippen LogP contribution < -0.4 is 9.46 Å². The van der Waals surface area contributed by atoms with Gasteiger partial charge >= 0.3 is 0 Å². The Morgan fingerprint density at radius 1 is 0.912 bits per heavy atom. The number of rotatable bonds is 7. The summed E-state index contributed by atoms with van der Waals surface area (Å²) in [6.45, 7) is 1.87. The molecular weight excluding hydrogens is 454 g/mol. The number of ether oxygens (including phenoxy) is 1. The Balaban J connectivity index is 1.28. The minimum Gasteiger partial charge on any atom is -0.439 e. The van der Waals surface area contributed by atoms with Crippen molar-refractivity contribution in [3.63, 3.8) is 0 Å². The quantitative estimate of drug-likeness (QED) is 0.383. The molecule has 3 heterocycles. The van der Waals surface area contributed by atoms with Crippen molar-refractivity contribution in [1.82, 2.24) is 29.3 Å². The van der Waals surface area contributed by atoms with Gasteiger partial charge < -0.3 is 4.74 Å². The first-order valence-corrected chi connectivity index (χ1v) is 11.7. The highest BCUT2D eigenvalue weighted by atomic mass is 32.2. The third-order valence-corrected chi connectivity index (χ3v) is 6.34. The van der Waals surface area contributed by atoms with Gasteiger partial charge in [0.2, 0.25) is 5.88 Å². The summed E-state index contributed by atoms with van der Waals surface area (Å²) in [5.74, 6) is 2.27. The number of nitrogens with zero attached hydrogens (tertiary/aromatic N) is 6. The van der Waals surface area contributed by atoms with E-state index in [4.69, 9.17) is 4.74 Å². The Kier molecular flexibility index (Phi) is 5.52. The number of nitrogens with one attached hydrogen (secondary N) is 1. The molecule has 0 bridgehead atoms. The van der Waals surface area contributed by atoms with E-state index in [1.807, 2.05) is 11.5 Å². The maximum atomic E-state index is 12.8. The van der Waals surface area contributed by atoms with E-state index in [9.17, 15) is 8.42 Å². The van der Waals surface area contributed by atoms with Crippen LogP contribution in [0.4, 0.5) is 5.69 Å². The SMILES string of the molecule is Cc1nccn1-c1cc(Oc2ccc(NS(=O)(=O)c3ccc(-n4cccn4)cc3)cc2)ncn1. The zero-order valence-corrected chi connectivity index (χ0v) is 18.8. The average molecular weight is 474 g/mol. The number of benzene rings is 2. The number of hydrogen-bond acceptors (Lipinski definition) is 7. The molecule has 2 aromatic carbocycles. The molecule has 170 valence electrons. The highest BCUT2D eigenvalue weighted by Crippen LogP contribution is 2.24. The van der Waals surface area contributed by atoms with Gasteiger partial charge in [0.25, 0.3) is 10.0 Å². The predicted molar refractivity (Wildman–Crippen MR) is 125 cm³/mol. The van der Waals surface area contributed by atoms with E-state index in [1.165, 1.54) is 18.5 Å². The monoisotopic (exact) mass is 473 g/mol. The molecule has 0 aliphatic heterocycles. The molecule has 5 aromatic rings. The Morgan fingerprint density at radius 2 is 1.71 bits per heavy atom. The Hall–Kier alpha value is -4.51. The van der Waals surface area contributed by atoms with Gasteiger partial charge in [-0.2, -0.15) is 5.10 Å². The molecule has 0 spiro atoms. The summed E-state index contributed by atoms with van der Waals surface area (Å²) in [7, 11) is -3.76. The molecule has 11 heteroatoms. The molecule has 34 heavy (non-hydrogen) atoms. The predicted octanol–water partition coefficient (Wildman–Crippen LogP) is 3.75. The lowest BCUT2D eigenvalue weighted by Crippen LogP contribution is -2.13. The van der Waals surface area contributed by atoms with Crippen LogP contribution in [0.1, 0.15) is 5.82 Å². The van der Waals surface area contributed by atoms with Crippen LogP contribution >= 0.6 is 0 Å². The molecule has 0 saturated heterocycles. The Morgan fingerprint density at radius 3 is 2.38 bits per heavy atom. The molecule has 5 rings (SSSR count). The van der Waals surface area contributed by atoms with Crippen LogP contribution in [0.3, 0.4) is 0 Å². The summed E-state index contributed by atoms with van der Waals surface area (Å²) in [6.07, 6.45) is 8.33. The van der Waals surface area contributed by atoms with Crippen LogP contribution in [0.5, 0.6) is 11.6 Å². The molecule has 0 unspecified atom stereocenters. The number of aromatic nitrogens is 6. The van der Waals surface area contributed by atoms with Crippen molar-refractivity contribution >= 4 is 15.7 Å². The van der Waals surface area contributed by atoms with Crippen molar-refractivity contribution < 1.29 is 13.2 Å². The molecule has 0 aliphatic rings. The smallest absolute Gasteiger partial charge is 0.261 e. The molecule has 0 saturated carbocycles. The van der Waals surface area contributed by atoms with E-state index < -0.39 is 10.0 Å². The lowest BCUT2D eigenvalue weighted by atomic mass is 10.3. The molecule has 0 amide bonds. The van der Waals surface area contributed by atoms with Crippen LogP contribution in [0.15, 0.2) is 96.7 Å². The van der Waals surface area contributed by atoms with Gasteiger partial charge in [0.15, 0.2) is 0 Å². The average Bonchev–Trinajstić information content (AvgIpc) is 3.53. The highest BCUT2D eigenvalue weighted by molar-refractivity contribution is 7.92. The molecule has 0 atom stereocenters. The van der Waals surface area contributed by atoms with Crippen LogP contribution in [-0.2, 0) is 10.0 Å². The van der Waals surface area contributed by atoms with Gasteiger partial charge in [-0.1, -0.05) is 0 Å². The topological polar surface area (TPSA) is 117 Å². The van der Waals surface area contributed by atoms with E-state index in [2.05, 4.69) is 24.8 Å².